The first kappa shape index (κ1) is 9.46. The lowest BCUT2D eigenvalue weighted by molar-refractivity contribution is 0.549. The van der Waals surface area contributed by atoms with Gasteiger partial charge in [0, 0.05) is 11.4 Å². The predicted molar refractivity (Wildman–Crippen MR) is 55.1 cm³/mol. The zero-order chi connectivity index (χ0) is 10.3. The molecule has 0 unspecified atom stereocenters. The van der Waals surface area contributed by atoms with Crippen LogP contribution in [0.25, 0.3) is 10.9 Å². The Balaban J connectivity index is 2.79. The molecule has 1 aromatic heterocycles. The van der Waals surface area contributed by atoms with Gasteiger partial charge in [0.05, 0.1) is 5.52 Å². The number of aromatic nitrogens is 2. The molecule has 14 heavy (non-hydrogen) atoms. The van der Waals surface area contributed by atoms with Gasteiger partial charge in [0.25, 0.3) is 0 Å². The van der Waals surface area contributed by atoms with Gasteiger partial charge in [-0.15, -0.1) is 0 Å². The summed E-state index contributed by atoms with van der Waals surface area (Å²) >= 11 is 5.92. The van der Waals surface area contributed by atoms with Crippen molar-refractivity contribution in [3.8, 4) is 0 Å². The molecular formula is C10H10ClFN2. The summed E-state index contributed by atoms with van der Waals surface area (Å²) < 4.78 is 14.7. The molecule has 0 spiro atoms. The Morgan fingerprint density at radius 2 is 2.14 bits per heavy atom. The monoisotopic (exact) mass is 212 g/mol. The predicted octanol–water partition coefficient (Wildman–Crippen LogP) is 3.41. The number of hydrogen-bond acceptors (Lipinski definition) is 1. The lowest BCUT2D eigenvalue weighted by atomic mass is 10.2. The minimum Gasteiger partial charge on any atom is -0.261 e. The minimum atomic E-state index is -0.268. The normalized spacial score (nSPS) is 11.5. The molecule has 0 atom stereocenters. The molecule has 0 amide bonds. The Morgan fingerprint density at radius 3 is 2.79 bits per heavy atom. The zero-order valence-corrected chi connectivity index (χ0v) is 8.72. The number of nitrogens with zero attached hydrogens (tertiary/aromatic N) is 2. The first-order chi connectivity index (χ1) is 6.59. The standard InChI is InChI=1S/C10H10ClFN2/c1-6(2)14-9-5-7(12)3-4-8(9)10(11)13-14/h3-6H,1-2H3. The highest BCUT2D eigenvalue weighted by Crippen LogP contribution is 2.25. The highest BCUT2D eigenvalue weighted by molar-refractivity contribution is 6.34. The first-order valence-electron chi connectivity index (χ1n) is 4.43. The molecule has 0 saturated heterocycles. The van der Waals surface area contributed by atoms with Crippen LogP contribution in [-0.2, 0) is 0 Å². The second-order valence-corrected chi connectivity index (χ2v) is 3.85. The van der Waals surface area contributed by atoms with Crippen LogP contribution in [0.4, 0.5) is 4.39 Å². The number of fused-ring (bicyclic) bond motifs is 1. The maximum atomic E-state index is 13.0. The third kappa shape index (κ3) is 1.38. The molecule has 0 aliphatic rings. The molecule has 0 bridgehead atoms. The van der Waals surface area contributed by atoms with E-state index in [1.54, 1.807) is 10.7 Å². The van der Waals surface area contributed by atoms with Crippen molar-refractivity contribution < 1.29 is 4.39 Å². The van der Waals surface area contributed by atoms with Crippen molar-refractivity contribution in [2.75, 3.05) is 0 Å². The molecule has 2 rings (SSSR count). The van der Waals surface area contributed by atoms with E-state index in [0.717, 1.165) is 10.9 Å². The highest BCUT2D eigenvalue weighted by Gasteiger charge is 2.11. The van der Waals surface area contributed by atoms with Crippen molar-refractivity contribution in [1.82, 2.24) is 9.78 Å². The molecule has 0 aliphatic heterocycles. The number of halogens is 2. The highest BCUT2D eigenvalue weighted by atomic mass is 35.5. The van der Waals surface area contributed by atoms with Crippen molar-refractivity contribution >= 4 is 22.5 Å². The molecule has 4 heteroatoms. The van der Waals surface area contributed by atoms with Crippen molar-refractivity contribution in [3.63, 3.8) is 0 Å². The third-order valence-electron chi connectivity index (χ3n) is 2.11. The van der Waals surface area contributed by atoms with E-state index in [4.69, 9.17) is 11.6 Å². The molecule has 1 aromatic carbocycles. The van der Waals surface area contributed by atoms with E-state index in [2.05, 4.69) is 5.10 Å². The van der Waals surface area contributed by atoms with Gasteiger partial charge in [0.15, 0.2) is 5.15 Å². The van der Waals surface area contributed by atoms with E-state index in [-0.39, 0.29) is 11.9 Å². The average Bonchev–Trinajstić information content (AvgIpc) is 2.43. The second-order valence-electron chi connectivity index (χ2n) is 3.49. The molecular weight excluding hydrogens is 203 g/mol. The van der Waals surface area contributed by atoms with E-state index in [1.807, 2.05) is 13.8 Å². The van der Waals surface area contributed by atoms with Gasteiger partial charge >= 0.3 is 0 Å². The van der Waals surface area contributed by atoms with Crippen LogP contribution >= 0.6 is 11.6 Å². The summed E-state index contributed by atoms with van der Waals surface area (Å²) in [5, 5.41) is 5.36. The van der Waals surface area contributed by atoms with Gasteiger partial charge in [0.2, 0.25) is 0 Å². The molecule has 2 nitrogen and oxygen atoms in total. The van der Waals surface area contributed by atoms with Crippen LogP contribution in [0, 0.1) is 5.82 Å². The summed E-state index contributed by atoms with van der Waals surface area (Å²) in [5.74, 6) is -0.268. The topological polar surface area (TPSA) is 17.8 Å². The van der Waals surface area contributed by atoms with Gasteiger partial charge in [-0.05, 0) is 32.0 Å². The summed E-state index contributed by atoms with van der Waals surface area (Å²) in [6.45, 7) is 3.96. The largest absolute Gasteiger partial charge is 0.261 e. The lowest BCUT2D eigenvalue weighted by Crippen LogP contribution is -2.02. The van der Waals surface area contributed by atoms with Crippen LogP contribution in [-0.4, -0.2) is 9.78 Å². The Bertz CT molecular complexity index is 476. The molecule has 74 valence electrons. The van der Waals surface area contributed by atoms with Gasteiger partial charge in [-0.2, -0.15) is 5.10 Å². The Labute approximate surface area is 86.3 Å². The van der Waals surface area contributed by atoms with E-state index < -0.39 is 0 Å². The third-order valence-corrected chi connectivity index (χ3v) is 2.39. The fourth-order valence-electron chi connectivity index (χ4n) is 1.46. The van der Waals surface area contributed by atoms with Crippen LogP contribution < -0.4 is 0 Å². The molecule has 0 radical (unpaired) electrons. The summed E-state index contributed by atoms with van der Waals surface area (Å²) in [5.41, 5.74) is 0.741. The molecule has 0 fully saturated rings. The van der Waals surface area contributed by atoms with E-state index in [1.165, 1.54) is 12.1 Å². The van der Waals surface area contributed by atoms with Crippen LogP contribution in [0.2, 0.25) is 5.15 Å². The van der Waals surface area contributed by atoms with Gasteiger partial charge in [0.1, 0.15) is 5.82 Å². The van der Waals surface area contributed by atoms with Crippen molar-refractivity contribution in [1.29, 1.82) is 0 Å². The fourth-order valence-corrected chi connectivity index (χ4v) is 1.71. The van der Waals surface area contributed by atoms with Crippen molar-refractivity contribution in [3.05, 3.63) is 29.2 Å². The van der Waals surface area contributed by atoms with E-state index >= 15 is 0 Å². The molecule has 0 saturated carbocycles. The summed E-state index contributed by atoms with van der Waals surface area (Å²) in [6.07, 6.45) is 0. The maximum Gasteiger partial charge on any atom is 0.158 e. The SMILES string of the molecule is CC(C)n1nc(Cl)c2ccc(F)cc21. The van der Waals surface area contributed by atoms with Gasteiger partial charge in [-0.1, -0.05) is 11.6 Å². The van der Waals surface area contributed by atoms with Crippen LogP contribution in [0.3, 0.4) is 0 Å². The minimum absolute atomic E-state index is 0.173. The summed E-state index contributed by atoms with van der Waals surface area (Å²) in [4.78, 5) is 0. The molecule has 2 aromatic rings. The summed E-state index contributed by atoms with van der Waals surface area (Å²) in [7, 11) is 0. The average molecular weight is 213 g/mol. The quantitative estimate of drug-likeness (QED) is 0.709. The van der Waals surface area contributed by atoms with Crippen molar-refractivity contribution in [2.45, 2.75) is 19.9 Å². The zero-order valence-electron chi connectivity index (χ0n) is 7.96. The lowest BCUT2D eigenvalue weighted by Gasteiger charge is -2.06. The van der Waals surface area contributed by atoms with Gasteiger partial charge in [-0.25, -0.2) is 4.39 Å². The van der Waals surface area contributed by atoms with E-state index in [0.29, 0.717) is 5.15 Å². The molecule has 0 N–H and O–H groups in total. The van der Waals surface area contributed by atoms with E-state index in [9.17, 15) is 4.39 Å². The van der Waals surface area contributed by atoms with Crippen LogP contribution in [0.1, 0.15) is 19.9 Å². The summed E-state index contributed by atoms with van der Waals surface area (Å²) in [6, 6.07) is 4.67. The number of hydrogen-bond donors (Lipinski definition) is 0. The van der Waals surface area contributed by atoms with Gasteiger partial charge < -0.3 is 0 Å². The van der Waals surface area contributed by atoms with Crippen molar-refractivity contribution in [2.24, 2.45) is 0 Å². The number of rotatable bonds is 1. The maximum absolute atomic E-state index is 13.0. The smallest absolute Gasteiger partial charge is 0.158 e. The second kappa shape index (κ2) is 3.24. The van der Waals surface area contributed by atoms with Crippen LogP contribution in [0.5, 0.6) is 0 Å². The van der Waals surface area contributed by atoms with Crippen LogP contribution in [0.15, 0.2) is 18.2 Å². The molecule has 1 heterocycles. The Kier molecular flexibility index (Phi) is 2.19. The first-order valence-corrected chi connectivity index (χ1v) is 4.80. The fraction of sp³-hybridized carbons (Fsp3) is 0.300. The molecule has 0 aliphatic carbocycles. The Hall–Kier alpha value is -1.09. The van der Waals surface area contributed by atoms with Gasteiger partial charge in [-0.3, -0.25) is 4.68 Å². The Morgan fingerprint density at radius 1 is 1.43 bits per heavy atom. The number of benzene rings is 1.